The predicted molar refractivity (Wildman–Crippen MR) is 84.1 cm³/mol. The number of ether oxygens (including phenoxy) is 1. The topological polar surface area (TPSA) is 84.1 Å². The van der Waals surface area contributed by atoms with E-state index in [1.165, 1.54) is 0 Å². The first-order valence-electron chi connectivity index (χ1n) is 7.25. The molecule has 0 fully saturated rings. The molecule has 0 saturated heterocycles. The number of aromatic nitrogens is 2. The van der Waals surface area contributed by atoms with Gasteiger partial charge < -0.3 is 9.72 Å². The molecule has 1 amide bonds. The van der Waals surface area contributed by atoms with Gasteiger partial charge in [0, 0.05) is 6.42 Å². The van der Waals surface area contributed by atoms with E-state index in [-0.39, 0.29) is 0 Å². The number of carbonyl (C=O) groups excluding carboxylic acids is 2. The SMILES string of the molecule is O=C1OC(C(=O)Nc2nc3ccccc3[nH]2)Cc2ccccc21. The van der Waals surface area contributed by atoms with E-state index in [9.17, 15) is 9.59 Å². The number of benzene rings is 2. The molecule has 2 heterocycles. The number of fused-ring (bicyclic) bond motifs is 2. The molecule has 1 atom stereocenters. The molecular weight excluding hydrogens is 294 g/mol. The van der Waals surface area contributed by atoms with E-state index < -0.39 is 18.0 Å². The minimum absolute atomic E-state index is 0.339. The molecule has 3 aromatic rings. The molecule has 2 N–H and O–H groups in total. The van der Waals surface area contributed by atoms with Crippen LogP contribution < -0.4 is 5.32 Å². The van der Waals surface area contributed by atoms with Crippen LogP contribution >= 0.6 is 0 Å². The van der Waals surface area contributed by atoms with E-state index in [4.69, 9.17) is 4.74 Å². The fraction of sp³-hybridized carbons (Fsp3) is 0.118. The van der Waals surface area contributed by atoms with Crippen molar-refractivity contribution >= 4 is 28.9 Å². The van der Waals surface area contributed by atoms with Crippen LogP contribution in [0.5, 0.6) is 0 Å². The normalized spacial score (nSPS) is 16.7. The maximum atomic E-state index is 12.4. The lowest BCUT2D eigenvalue weighted by Gasteiger charge is -2.23. The van der Waals surface area contributed by atoms with Gasteiger partial charge in [0.15, 0.2) is 6.10 Å². The second-order valence-corrected chi connectivity index (χ2v) is 5.35. The average molecular weight is 307 g/mol. The van der Waals surface area contributed by atoms with Crippen LogP contribution in [-0.2, 0) is 16.0 Å². The largest absolute Gasteiger partial charge is 0.448 e. The zero-order valence-electron chi connectivity index (χ0n) is 12.1. The van der Waals surface area contributed by atoms with E-state index in [2.05, 4.69) is 15.3 Å². The summed E-state index contributed by atoms with van der Waals surface area (Å²) in [6.07, 6.45) is -0.501. The molecule has 1 unspecified atom stereocenters. The maximum Gasteiger partial charge on any atom is 0.339 e. The van der Waals surface area contributed by atoms with E-state index in [1.54, 1.807) is 12.1 Å². The lowest BCUT2D eigenvalue weighted by Crippen LogP contribution is -2.38. The number of imidazole rings is 1. The molecule has 0 spiro atoms. The highest BCUT2D eigenvalue weighted by atomic mass is 16.5. The summed E-state index contributed by atoms with van der Waals surface area (Å²) in [6, 6.07) is 14.6. The Hall–Kier alpha value is -3.15. The number of rotatable bonds is 2. The Balaban J connectivity index is 1.55. The van der Waals surface area contributed by atoms with Gasteiger partial charge in [-0.05, 0) is 23.8 Å². The zero-order valence-corrected chi connectivity index (χ0v) is 12.1. The molecule has 114 valence electrons. The summed E-state index contributed by atoms with van der Waals surface area (Å²) in [5, 5.41) is 2.67. The van der Waals surface area contributed by atoms with Crippen LogP contribution in [0.4, 0.5) is 5.95 Å². The molecule has 1 aliphatic rings. The number of amides is 1. The third-order valence-corrected chi connectivity index (χ3v) is 3.82. The van der Waals surface area contributed by atoms with Gasteiger partial charge in [0.1, 0.15) is 0 Å². The fourth-order valence-corrected chi connectivity index (χ4v) is 2.69. The lowest BCUT2D eigenvalue weighted by atomic mass is 9.98. The van der Waals surface area contributed by atoms with Crippen LogP contribution in [0.15, 0.2) is 48.5 Å². The first kappa shape index (κ1) is 13.5. The third-order valence-electron chi connectivity index (χ3n) is 3.82. The predicted octanol–water partition coefficient (Wildman–Crippen LogP) is 2.28. The van der Waals surface area contributed by atoms with Crippen LogP contribution in [0.25, 0.3) is 11.0 Å². The maximum absolute atomic E-state index is 12.4. The zero-order chi connectivity index (χ0) is 15.8. The quantitative estimate of drug-likeness (QED) is 0.711. The summed E-state index contributed by atoms with van der Waals surface area (Å²) in [6.45, 7) is 0. The van der Waals surface area contributed by atoms with Crippen molar-refractivity contribution in [2.24, 2.45) is 0 Å². The number of anilines is 1. The number of para-hydroxylation sites is 2. The molecule has 0 aliphatic carbocycles. The molecule has 1 aliphatic heterocycles. The van der Waals surface area contributed by atoms with Gasteiger partial charge >= 0.3 is 5.97 Å². The molecular formula is C17H13N3O3. The van der Waals surface area contributed by atoms with Crippen molar-refractivity contribution in [3.63, 3.8) is 0 Å². The minimum Gasteiger partial charge on any atom is -0.448 e. The molecule has 6 nitrogen and oxygen atoms in total. The number of aromatic amines is 1. The number of hydrogen-bond acceptors (Lipinski definition) is 4. The first-order valence-corrected chi connectivity index (χ1v) is 7.25. The van der Waals surface area contributed by atoms with Gasteiger partial charge in [-0.1, -0.05) is 30.3 Å². The van der Waals surface area contributed by atoms with Gasteiger partial charge in [0.2, 0.25) is 5.95 Å². The Labute approximate surface area is 131 Å². The summed E-state index contributed by atoms with van der Waals surface area (Å²) < 4.78 is 5.23. The number of nitrogens with one attached hydrogen (secondary N) is 2. The Bertz CT molecular complexity index is 883. The standard InChI is InChI=1S/C17H13N3O3/c21-15(20-17-18-12-7-3-4-8-13(12)19-17)14-9-10-5-1-2-6-11(10)16(22)23-14/h1-8,14H,9H2,(H2,18,19,20,21). The smallest absolute Gasteiger partial charge is 0.339 e. The van der Waals surface area contributed by atoms with Crippen molar-refractivity contribution in [3.05, 3.63) is 59.7 Å². The van der Waals surface area contributed by atoms with Gasteiger partial charge in [0.05, 0.1) is 16.6 Å². The molecule has 0 radical (unpaired) electrons. The van der Waals surface area contributed by atoms with Crippen molar-refractivity contribution in [1.29, 1.82) is 0 Å². The molecule has 23 heavy (non-hydrogen) atoms. The van der Waals surface area contributed by atoms with Gasteiger partial charge in [0.25, 0.3) is 5.91 Å². The number of H-pyrrole nitrogens is 1. The summed E-state index contributed by atoms with van der Waals surface area (Å²) in [5.74, 6) is -0.533. The van der Waals surface area contributed by atoms with Crippen molar-refractivity contribution < 1.29 is 14.3 Å². The van der Waals surface area contributed by atoms with Crippen molar-refractivity contribution in [2.45, 2.75) is 12.5 Å². The van der Waals surface area contributed by atoms with Gasteiger partial charge in [-0.15, -0.1) is 0 Å². The second-order valence-electron chi connectivity index (χ2n) is 5.35. The highest BCUT2D eigenvalue weighted by molar-refractivity contribution is 5.99. The summed E-state index contributed by atoms with van der Waals surface area (Å²) >= 11 is 0. The number of carbonyl (C=O) groups is 2. The van der Waals surface area contributed by atoms with Crippen LogP contribution in [0.2, 0.25) is 0 Å². The number of esters is 1. The minimum atomic E-state index is -0.856. The fourth-order valence-electron chi connectivity index (χ4n) is 2.69. The van der Waals surface area contributed by atoms with Crippen LogP contribution in [0.1, 0.15) is 15.9 Å². The Morgan fingerprint density at radius 3 is 2.83 bits per heavy atom. The summed E-state index contributed by atoms with van der Waals surface area (Å²) in [4.78, 5) is 31.6. The number of cyclic esters (lactones) is 1. The Morgan fingerprint density at radius 2 is 1.96 bits per heavy atom. The molecule has 0 saturated carbocycles. The molecule has 1 aromatic heterocycles. The average Bonchev–Trinajstić information content (AvgIpc) is 2.97. The lowest BCUT2D eigenvalue weighted by molar-refractivity contribution is -0.125. The van der Waals surface area contributed by atoms with Crippen molar-refractivity contribution in [1.82, 2.24) is 9.97 Å². The first-order chi connectivity index (χ1) is 11.2. The summed E-state index contributed by atoms with van der Waals surface area (Å²) in [5.41, 5.74) is 2.91. The van der Waals surface area contributed by atoms with E-state index >= 15 is 0 Å². The van der Waals surface area contributed by atoms with E-state index in [0.717, 1.165) is 16.6 Å². The Morgan fingerprint density at radius 1 is 1.17 bits per heavy atom. The van der Waals surface area contributed by atoms with Crippen LogP contribution in [0.3, 0.4) is 0 Å². The monoisotopic (exact) mass is 307 g/mol. The molecule has 4 rings (SSSR count). The van der Waals surface area contributed by atoms with Gasteiger partial charge in [-0.25, -0.2) is 9.78 Å². The number of hydrogen-bond donors (Lipinski definition) is 2. The van der Waals surface area contributed by atoms with Gasteiger partial charge in [-0.3, -0.25) is 10.1 Å². The van der Waals surface area contributed by atoms with Crippen LogP contribution in [0, 0.1) is 0 Å². The van der Waals surface area contributed by atoms with Crippen molar-refractivity contribution in [2.75, 3.05) is 5.32 Å². The highest BCUT2D eigenvalue weighted by Crippen LogP contribution is 2.21. The molecule has 2 aromatic carbocycles. The second kappa shape index (κ2) is 5.24. The Kier molecular flexibility index (Phi) is 3.08. The van der Waals surface area contributed by atoms with Crippen LogP contribution in [-0.4, -0.2) is 27.9 Å². The van der Waals surface area contributed by atoms with E-state index in [1.807, 2.05) is 36.4 Å². The summed E-state index contributed by atoms with van der Waals surface area (Å²) in [7, 11) is 0. The van der Waals surface area contributed by atoms with Crippen molar-refractivity contribution in [3.8, 4) is 0 Å². The van der Waals surface area contributed by atoms with Gasteiger partial charge in [-0.2, -0.15) is 0 Å². The highest BCUT2D eigenvalue weighted by Gasteiger charge is 2.31. The molecule has 6 heteroatoms. The number of nitrogens with zero attached hydrogens (tertiary/aromatic N) is 1. The molecule has 0 bridgehead atoms. The third kappa shape index (κ3) is 2.44. The van der Waals surface area contributed by atoms with E-state index in [0.29, 0.717) is 17.9 Å².